The summed E-state index contributed by atoms with van der Waals surface area (Å²) in [5, 5.41) is 5.54. The van der Waals surface area contributed by atoms with Gasteiger partial charge in [0.05, 0.1) is 17.2 Å². The molecule has 1 amide bonds. The minimum Gasteiger partial charge on any atom is -0.346 e. The quantitative estimate of drug-likeness (QED) is 0.909. The van der Waals surface area contributed by atoms with Gasteiger partial charge in [0.25, 0.3) is 5.91 Å². The summed E-state index contributed by atoms with van der Waals surface area (Å²) in [5.41, 5.74) is 1.13. The largest absolute Gasteiger partial charge is 0.346 e. The summed E-state index contributed by atoms with van der Waals surface area (Å²) in [6, 6.07) is 5.60. The topological polar surface area (TPSA) is 42.0 Å². The zero-order chi connectivity index (χ0) is 12.3. The van der Waals surface area contributed by atoms with E-state index in [1.165, 1.54) is 29.5 Å². The third kappa shape index (κ3) is 3.10. The predicted octanol–water partition coefficient (Wildman–Crippen LogP) is 2.52. The molecule has 1 aromatic heterocycles. The molecular weight excluding hydrogens is 239 g/mol. The van der Waals surface area contributed by atoms with Gasteiger partial charge in [-0.1, -0.05) is 6.07 Å². The Morgan fingerprint density at radius 3 is 3.00 bits per heavy atom. The van der Waals surface area contributed by atoms with Crippen LogP contribution in [0.15, 0.2) is 29.6 Å². The molecule has 5 heteroatoms. The Morgan fingerprint density at radius 1 is 1.53 bits per heavy atom. The van der Waals surface area contributed by atoms with Crippen molar-refractivity contribution in [1.82, 2.24) is 10.3 Å². The Labute approximate surface area is 102 Å². The monoisotopic (exact) mass is 250 g/mol. The van der Waals surface area contributed by atoms with Crippen molar-refractivity contribution < 1.29 is 9.18 Å². The van der Waals surface area contributed by atoms with Gasteiger partial charge >= 0.3 is 0 Å². The number of carbonyl (C=O) groups is 1. The lowest BCUT2D eigenvalue weighted by Gasteiger charge is -2.03. The molecule has 3 nitrogen and oxygen atoms in total. The van der Waals surface area contributed by atoms with E-state index in [4.69, 9.17) is 0 Å². The number of aromatic nitrogens is 1. The number of rotatable bonds is 3. The Balaban J connectivity index is 1.98. The summed E-state index contributed by atoms with van der Waals surface area (Å²) in [7, 11) is 0. The Morgan fingerprint density at radius 2 is 2.35 bits per heavy atom. The van der Waals surface area contributed by atoms with Crippen LogP contribution in [0.2, 0.25) is 0 Å². The molecular formula is C12H11FN2OS. The van der Waals surface area contributed by atoms with Crippen LogP contribution in [0.5, 0.6) is 0 Å². The van der Waals surface area contributed by atoms with E-state index in [1.54, 1.807) is 6.07 Å². The van der Waals surface area contributed by atoms with Crippen LogP contribution >= 0.6 is 11.3 Å². The first-order chi connectivity index (χ1) is 8.15. The Bertz CT molecular complexity index is 539. The fraction of sp³-hybridized carbons (Fsp3) is 0.167. The van der Waals surface area contributed by atoms with Crippen molar-refractivity contribution in [2.24, 2.45) is 0 Å². The number of carbonyl (C=O) groups excluding carboxylic acids is 1. The van der Waals surface area contributed by atoms with Crippen LogP contribution in [0.1, 0.15) is 21.1 Å². The van der Waals surface area contributed by atoms with Gasteiger partial charge in [0.15, 0.2) is 0 Å². The molecule has 17 heavy (non-hydrogen) atoms. The van der Waals surface area contributed by atoms with Crippen molar-refractivity contribution in [1.29, 1.82) is 0 Å². The van der Waals surface area contributed by atoms with Gasteiger partial charge in [-0.25, -0.2) is 9.37 Å². The van der Waals surface area contributed by atoms with Crippen molar-refractivity contribution in [3.63, 3.8) is 0 Å². The molecule has 0 saturated heterocycles. The molecule has 1 aromatic carbocycles. The van der Waals surface area contributed by atoms with Crippen LogP contribution in [-0.4, -0.2) is 10.9 Å². The van der Waals surface area contributed by atoms with Crippen LogP contribution in [0, 0.1) is 12.7 Å². The molecule has 1 N–H and O–H groups in total. The number of thiazole rings is 1. The highest BCUT2D eigenvalue weighted by atomic mass is 32.1. The number of amides is 1. The summed E-state index contributed by atoms with van der Waals surface area (Å²) in [5.74, 6) is -0.711. The maximum atomic E-state index is 12.9. The van der Waals surface area contributed by atoms with Crippen molar-refractivity contribution in [2.45, 2.75) is 13.5 Å². The summed E-state index contributed by atoms with van der Waals surface area (Å²) < 4.78 is 12.9. The molecule has 2 rings (SSSR count). The number of halogens is 1. The molecule has 0 saturated carbocycles. The van der Waals surface area contributed by atoms with Gasteiger partial charge in [-0.15, -0.1) is 11.3 Å². The smallest absolute Gasteiger partial charge is 0.251 e. The number of nitrogens with zero attached hydrogens (tertiary/aromatic N) is 1. The van der Waals surface area contributed by atoms with Gasteiger partial charge in [0.2, 0.25) is 0 Å². The van der Waals surface area contributed by atoms with E-state index in [2.05, 4.69) is 10.3 Å². The van der Waals surface area contributed by atoms with E-state index in [0.717, 1.165) is 10.7 Å². The summed E-state index contributed by atoms with van der Waals surface area (Å²) >= 11 is 1.53. The third-order valence-electron chi connectivity index (χ3n) is 2.18. The highest BCUT2D eigenvalue weighted by Gasteiger charge is 2.06. The molecule has 0 fully saturated rings. The maximum absolute atomic E-state index is 12.9. The fourth-order valence-corrected chi connectivity index (χ4v) is 2.00. The second-order valence-electron chi connectivity index (χ2n) is 3.55. The molecule has 2 aromatic rings. The van der Waals surface area contributed by atoms with Crippen LogP contribution in [0.3, 0.4) is 0 Å². The molecule has 0 atom stereocenters. The average Bonchev–Trinajstić information content (AvgIpc) is 2.72. The molecule has 0 unspecified atom stereocenters. The van der Waals surface area contributed by atoms with Gasteiger partial charge < -0.3 is 5.32 Å². The van der Waals surface area contributed by atoms with Crippen LogP contribution in [-0.2, 0) is 6.54 Å². The van der Waals surface area contributed by atoms with Gasteiger partial charge in [-0.05, 0) is 25.1 Å². The zero-order valence-corrected chi connectivity index (χ0v) is 10.1. The minimum atomic E-state index is -0.415. The molecule has 1 heterocycles. The number of hydrogen-bond acceptors (Lipinski definition) is 3. The fourth-order valence-electron chi connectivity index (χ4n) is 1.39. The van der Waals surface area contributed by atoms with E-state index < -0.39 is 5.82 Å². The molecule has 0 aliphatic rings. The highest BCUT2D eigenvalue weighted by molar-refractivity contribution is 7.09. The van der Waals surface area contributed by atoms with Gasteiger partial charge in [0.1, 0.15) is 5.82 Å². The van der Waals surface area contributed by atoms with E-state index in [-0.39, 0.29) is 5.91 Å². The molecule has 0 bridgehead atoms. The number of benzene rings is 1. The molecule has 0 aliphatic heterocycles. The number of hydrogen-bond donors (Lipinski definition) is 1. The standard InChI is InChI=1S/C12H11FN2OS/c1-8-15-11(7-17-8)6-14-12(16)9-3-2-4-10(13)5-9/h2-5,7H,6H2,1H3,(H,14,16). The van der Waals surface area contributed by atoms with E-state index in [0.29, 0.717) is 12.1 Å². The lowest BCUT2D eigenvalue weighted by Crippen LogP contribution is -2.23. The molecule has 0 aliphatic carbocycles. The van der Waals surface area contributed by atoms with Crippen LogP contribution in [0.4, 0.5) is 4.39 Å². The third-order valence-corrected chi connectivity index (χ3v) is 3.01. The molecule has 0 radical (unpaired) electrons. The zero-order valence-electron chi connectivity index (χ0n) is 9.24. The van der Waals surface area contributed by atoms with Crippen LogP contribution in [0.25, 0.3) is 0 Å². The van der Waals surface area contributed by atoms with Crippen molar-refractivity contribution >= 4 is 17.2 Å². The normalized spacial score (nSPS) is 10.2. The van der Waals surface area contributed by atoms with Gasteiger partial charge in [0, 0.05) is 10.9 Å². The lowest BCUT2D eigenvalue weighted by molar-refractivity contribution is 0.0950. The highest BCUT2D eigenvalue weighted by Crippen LogP contribution is 2.08. The number of aryl methyl sites for hydroxylation is 1. The maximum Gasteiger partial charge on any atom is 0.251 e. The van der Waals surface area contributed by atoms with Crippen molar-refractivity contribution in [2.75, 3.05) is 0 Å². The van der Waals surface area contributed by atoms with Crippen molar-refractivity contribution in [3.05, 3.63) is 51.7 Å². The van der Waals surface area contributed by atoms with Gasteiger partial charge in [-0.3, -0.25) is 4.79 Å². The molecule has 0 spiro atoms. The van der Waals surface area contributed by atoms with Crippen LogP contribution < -0.4 is 5.32 Å². The summed E-state index contributed by atoms with van der Waals surface area (Å²) in [6.07, 6.45) is 0. The van der Waals surface area contributed by atoms with Crippen molar-refractivity contribution in [3.8, 4) is 0 Å². The molecule has 88 valence electrons. The van der Waals surface area contributed by atoms with E-state index in [9.17, 15) is 9.18 Å². The average molecular weight is 250 g/mol. The Kier molecular flexibility index (Phi) is 3.49. The summed E-state index contributed by atoms with van der Waals surface area (Å²) in [4.78, 5) is 15.9. The predicted molar refractivity (Wildman–Crippen MR) is 64.4 cm³/mol. The van der Waals surface area contributed by atoms with E-state index >= 15 is 0 Å². The number of nitrogens with one attached hydrogen (secondary N) is 1. The first-order valence-electron chi connectivity index (χ1n) is 5.10. The second-order valence-corrected chi connectivity index (χ2v) is 4.61. The first-order valence-corrected chi connectivity index (χ1v) is 5.98. The Hall–Kier alpha value is -1.75. The lowest BCUT2D eigenvalue weighted by atomic mass is 10.2. The second kappa shape index (κ2) is 5.05. The minimum absolute atomic E-state index is 0.296. The van der Waals surface area contributed by atoms with Gasteiger partial charge in [-0.2, -0.15) is 0 Å². The summed E-state index contributed by atoms with van der Waals surface area (Å²) in [6.45, 7) is 2.27. The first kappa shape index (κ1) is 11.7. The SMILES string of the molecule is Cc1nc(CNC(=O)c2cccc(F)c2)cs1. The van der Waals surface area contributed by atoms with E-state index in [1.807, 2.05) is 12.3 Å².